The van der Waals surface area contributed by atoms with E-state index >= 15 is 0 Å². The van der Waals surface area contributed by atoms with Gasteiger partial charge in [-0.3, -0.25) is 14.3 Å². The van der Waals surface area contributed by atoms with Gasteiger partial charge in [-0.15, -0.1) is 0 Å². The Bertz CT molecular complexity index is 507. The number of nitro groups is 1. The zero-order valence-corrected chi connectivity index (χ0v) is 12.5. The summed E-state index contributed by atoms with van der Waals surface area (Å²) in [4.78, 5) is 10.6. The summed E-state index contributed by atoms with van der Waals surface area (Å²) in [5.74, 6) is 1.69. The van der Waals surface area contributed by atoms with Crippen molar-refractivity contribution in [2.75, 3.05) is 37.6 Å². The molecule has 0 heterocycles. The van der Waals surface area contributed by atoms with Gasteiger partial charge in [0, 0.05) is 34.9 Å². The molecular formula is C12H18N2O5S. The summed E-state index contributed by atoms with van der Waals surface area (Å²) in [5.41, 5.74) is 0.214. The maximum Gasteiger partial charge on any atom is 0.296 e. The molecule has 0 saturated heterocycles. The standard InChI is InChI=1S/C12H18N2O5S/c1-4-20(17)6-5-13-9-7-11(18-2)12(19-3)8-10(9)14(15)16/h7-8,13H,4-6H2,1-3H3. The molecule has 7 nitrogen and oxygen atoms in total. The number of methoxy groups -OCH3 is 2. The second-order valence-corrected chi connectivity index (χ2v) is 5.71. The highest BCUT2D eigenvalue weighted by atomic mass is 32.2. The van der Waals surface area contributed by atoms with E-state index in [1.807, 2.05) is 6.92 Å². The van der Waals surface area contributed by atoms with Gasteiger partial charge in [0.1, 0.15) is 5.69 Å². The van der Waals surface area contributed by atoms with E-state index in [4.69, 9.17) is 9.47 Å². The molecular weight excluding hydrogens is 284 g/mol. The molecule has 112 valence electrons. The lowest BCUT2D eigenvalue weighted by atomic mass is 10.2. The number of hydrogen-bond acceptors (Lipinski definition) is 6. The molecule has 1 rings (SSSR count). The Kier molecular flexibility index (Phi) is 6.23. The van der Waals surface area contributed by atoms with Crippen molar-refractivity contribution in [2.45, 2.75) is 6.92 Å². The van der Waals surface area contributed by atoms with Gasteiger partial charge in [0.2, 0.25) is 0 Å². The van der Waals surface area contributed by atoms with Crippen molar-refractivity contribution in [1.29, 1.82) is 0 Å². The van der Waals surface area contributed by atoms with Gasteiger partial charge in [-0.2, -0.15) is 0 Å². The third-order valence-corrected chi connectivity index (χ3v) is 3.97. The van der Waals surface area contributed by atoms with Crippen molar-refractivity contribution in [2.24, 2.45) is 0 Å². The Balaban J connectivity index is 2.97. The van der Waals surface area contributed by atoms with E-state index in [-0.39, 0.29) is 5.69 Å². The van der Waals surface area contributed by atoms with E-state index in [0.717, 1.165) is 0 Å². The molecule has 1 unspecified atom stereocenters. The number of nitrogens with zero attached hydrogens (tertiary/aromatic N) is 1. The van der Waals surface area contributed by atoms with Gasteiger partial charge in [-0.05, 0) is 0 Å². The van der Waals surface area contributed by atoms with Gasteiger partial charge in [0.25, 0.3) is 5.69 Å². The SMILES string of the molecule is CCS(=O)CCNc1cc(OC)c(OC)cc1[N+](=O)[O-]. The lowest BCUT2D eigenvalue weighted by Crippen LogP contribution is -2.13. The summed E-state index contributed by atoms with van der Waals surface area (Å²) in [7, 11) is 1.95. The maximum absolute atomic E-state index is 11.3. The molecule has 0 aliphatic heterocycles. The van der Waals surface area contributed by atoms with Crippen molar-refractivity contribution in [3.8, 4) is 11.5 Å². The van der Waals surface area contributed by atoms with Crippen LogP contribution in [0.15, 0.2) is 12.1 Å². The first-order valence-corrected chi connectivity index (χ1v) is 7.51. The highest BCUT2D eigenvalue weighted by Crippen LogP contribution is 2.37. The highest BCUT2D eigenvalue weighted by molar-refractivity contribution is 7.84. The summed E-state index contributed by atoms with van der Waals surface area (Å²) in [6.07, 6.45) is 0. The molecule has 0 aliphatic carbocycles. The normalized spacial score (nSPS) is 11.8. The van der Waals surface area contributed by atoms with E-state index in [1.54, 1.807) is 0 Å². The van der Waals surface area contributed by atoms with Crippen molar-refractivity contribution >= 4 is 22.2 Å². The average Bonchev–Trinajstić information content (AvgIpc) is 2.45. The Labute approximate surface area is 119 Å². The number of anilines is 1. The summed E-state index contributed by atoms with van der Waals surface area (Å²) in [6.45, 7) is 2.21. The van der Waals surface area contributed by atoms with Crippen LogP contribution in [0.2, 0.25) is 0 Å². The minimum Gasteiger partial charge on any atom is -0.493 e. The summed E-state index contributed by atoms with van der Waals surface area (Å²) >= 11 is 0. The zero-order chi connectivity index (χ0) is 15.1. The molecule has 0 radical (unpaired) electrons. The number of hydrogen-bond donors (Lipinski definition) is 1. The number of rotatable bonds is 8. The number of nitrogens with one attached hydrogen (secondary N) is 1. The Morgan fingerprint density at radius 3 is 2.40 bits per heavy atom. The fourth-order valence-corrected chi connectivity index (χ4v) is 2.22. The minimum absolute atomic E-state index is 0.107. The monoisotopic (exact) mass is 302 g/mol. The molecule has 20 heavy (non-hydrogen) atoms. The summed E-state index contributed by atoms with van der Waals surface area (Å²) in [6, 6.07) is 2.81. The van der Waals surface area contributed by atoms with E-state index in [2.05, 4.69) is 5.32 Å². The number of nitro benzene ring substituents is 1. The Hall–Kier alpha value is -1.83. The van der Waals surface area contributed by atoms with E-state index < -0.39 is 15.7 Å². The molecule has 1 atom stereocenters. The van der Waals surface area contributed by atoms with Gasteiger partial charge in [0.05, 0.1) is 25.2 Å². The molecule has 1 aromatic carbocycles. The fourth-order valence-electron chi connectivity index (χ4n) is 1.60. The van der Waals surface area contributed by atoms with Crippen LogP contribution in [0, 0.1) is 10.1 Å². The lowest BCUT2D eigenvalue weighted by molar-refractivity contribution is -0.384. The van der Waals surface area contributed by atoms with Crippen molar-refractivity contribution in [3.63, 3.8) is 0 Å². The molecule has 0 amide bonds. The zero-order valence-electron chi connectivity index (χ0n) is 11.7. The molecule has 0 spiro atoms. The van der Waals surface area contributed by atoms with Crippen LogP contribution in [-0.2, 0) is 10.8 Å². The highest BCUT2D eigenvalue weighted by Gasteiger charge is 2.19. The summed E-state index contributed by atoms with van der Waals surface area (Å²) < 4.78 is 21.5. The first-order chi connectivity index (χ1) is 9.53. The second kappa shape index (κ2) is 7.68. The molecule has 0 aromatic heterocycles. The quantitative estimate of drug-likeness (QED) is 0.581. The molecule has 0 bridgehead atoms. The Morgan fingerprint density at radius 2 is 1.90 bits per heavy atom. The smallest absolute Gasteiger partial charge is 0.296 e. The molecule has 0 aliphatic rings. The first kappa shape index (κ1) is 16.2. The fraction of sp³-hybridized carbons (Fsp3) is 0.500. The van der Waals surface area contributed by atoms with Crippen LogP contribution in [0.4, 0.5) is 11.4 Å². The Morgan fingerprint density at radius 1 is 1.30 bits per heavy atom. The third-order valence-electron chi connectivity index (χ3n) is 2.67. The first-order valence-electron chi connectivity index (χ1n) is 6.02. The van der Waals surface area contributed by atoms with Crippen LogP contribution < -0.4 is 14.8 Å². The molecule has 1 aromatic rings. The van der Waals surface area contributed by atoms with Gasteiger partial charge < -0.3 is 14.8 Å². The van der Waals surface area contributed by atoms with E-state index in [0.29, 0.717) is 35.2 Å². The van der Waals surface area contributed by atoms with Crippen LogP contribution in [0.25, 0.3) is 0 Å². The number of ether oxygens (including phenoxy) is 2. The maximum atomic E-state index is 11.3. The molecule has 8 heteroatoms. The largest absolute Gasteiger partial charge is 0.493 e. The molecule has 1 N–H and O–H groups in total. The van der Waals surface area contributed by atoms with Gasteiger partial charge >= 0.3 is 0 Å². The third kappa shape index (κ3) is 4.09. The van der Waals surface area contributed by atoms with Crippen molar-refractivity contribution in [3.05, 3.63) is 22.2 Å². The molecule has 0 saturated carbocycles. The lowest BCUT2D eigenvalue weighted by Gasteiger charge is -2.11. The van der Waals surface area contributed by atoms with Gasteiger partial charge in [-0.25, -0.2) is 0 Å². The van der Waals surface area contributed by atoms with Crippen LogP contribution in [-0.4, -0.2) is 41.4 Å². The second-order valence-electron chi connectivity index (χ2n) is 3.84. The predicted octanol–water partition coefficient (Wildman–Crippen LogP) is 1.79. The topological polar surface area (TPSA) is 90.7 Å². The van der Waals surface area contributed by atoms with Gasteiger partial charge in [0.15, 0.2) is 11.5 Å². The van der Waals surface area contributed by atoms with E-state index in [9.17, 15) is 14.3 Å². The average molecular weight is 302 g/mol. The van der Waals surface area contributed by atoms with Crippen molar-refractivity contribution < 1.29 is 18.6 Å². The predicted molar refractivity (Wildman–Crippen MR) is 78.2 cm³/mol. The minimum atomic E-state index is -0.919. The van der Waals surface area contributed by atoms with Gasteiger partial charge in [-0.1, -0.05) is 6.92 Å². The van der Waals surface area contributed by atoms with Crippen LogP contribution in [0.1, 0.15) is 6.92 Å². The number of benzene rings is 1. The van der Waals surface area contributed by atoms with Crippen LogP contribution in [0.3, 0.4) is 0 Å². The molecule has 0 fully saturated rings. The van der Waals surface area contributed by atoms with Crippen molar-refractivity contribution in [1.82, 2.24) is 0 Å². The summed E-state index contributed by atoms with van der Waals surface area (Å²) in [5, 5.41) is 14.0. The van der Waals surface area contributed by atoms with Crippen LogP contribution >= 0.6 is 0 Å². The van der Waals surface area contributed by atoms with E-state index in [1.165, 1.54) is 26.4 Å². The van der Waals surface area contributed by atoms with Crippen LogP contribution in [0.5, 0.6) is 11.5 Å².